The maximum Gasteiger partial charge on any atom is 0.237 e. The highest BCUT2D eigenvalue weighted by molar-refractivity contribution is 5.83. The van der Waals surface area contributed by atoms with Crippen molar-refractivity contribution in [2.24, 2.45) is 0 Å². The SMILES string of the molecule is O=[C]CNC(=O)[C@@H]1CCCN1. The molecule has 0 aromatic rings. The Bertz CT molecular complexity index is 153. The van der Waals surface area contributed by atoms with Crippen LogP contribution in [0.4, 0.5) is 0 Å². The third-order valence-electron chi connectivity index (χ3n) is 1.71. The van der Waals surface area contributed by atoms with Crippen molar-refractivity contribution in [3.05, 3.63) is 0 Å². The van der Waals surface area contributed by atoms with Gasteiger partial charge < -0.3 is 10.6 Å². The van der Waals surface area contributed by atoms with Gasteiger partial charge in [0.2, 0.25) is 12.2 Å². The van der Waals surface area contributed by atoms with Crippen LogP contribution in [0.5, 0.6) is 0 Å². The smallest absolute Gasteiger partial charge is 0.237 e. The minimum Gasteiger partial charge on any atom is -0.347 e. The van der Waals surface area contributed by atoms with Crippen LogP contribution in [0.3, 0.4) is 0 Å². The molecular formula is C7H11N2O2. The summed E-state index contributed by atoms with van der Waals surface area (Å²) in [4.78, 5) is 20.8. The molecule has 1 rings (SSSR count). The summed E-state index contributed by atoms with van der Waals surface area (Å²) >= 11 is 0. The molecule has 4 heteroatoms. The fourth-order valence-corrected chi connectivity index (χ4v) is 1.15. The fraction of sp³-hybridized carbons (Fsp3) is 0.714. The van der Waals surface area contributed by atoms with Gasteiger partial charge in [-0.05, 0) is 19.4 Å². The summed E-state index contributed by atoms with van der Waals surface area (Å²) in [5.41, 5.74) is 0. The summed E-state index contributed by atoms with van der Waals surface area (Å²) in [6, 6.07) is -0.0941. The first-order valence-electron chi connectivity index (χ1n) is 3.70. The number of hydrogen-bond donors (Lipinski definition) is 2. The van der Waals surface area contributed by atoms with Crippen molar-refractivity contribution in [1.29, 1.82) is 0 Å². The third-order valence-corrected chi connectivity index (χ3v) is 1.71. The number of nitrogens with one attached hydrogen (secondary N) is 2. The molecule has 0 aliphatic carbocycles. The topological polar surface area (TPSA) is 58.2 Å². The molecule has 1 saturated heterocycles. The molecule has 0 aromatic carbocycles. The number of hydrogen-bond acceptors (Lipinski definition) is 3. The first kappa shape index (κ1) is 8.20. The van der Waals surface area contributed by atoms with Crippen molar-refractivity contribution in [2.75, 3.05) is 13.1 Å². The second-order valence-electron chi connectivity index (χ2n) is 2.51. The Morgan fingerprint density at radius 3 is 3.09 bits per heavy atom. The molecule has 1 amide bonds. The van der Waals surface area contributed by atoms with E-state index in [1.165, 1.54) is 0 Å². The monoisotopic (exact) mass is 155 g/mol. The summed E-state index contributed by atoms with van der Waals surface area (Å²) in [5.74, 6) is -0.0918. The molecule has 1 atom stereocenters. The Balaban J connectivity index is 2.22. The summed E-state index contributed by atoms with van der Waals surface area (Å²) in [5, 5.41) is 5.47. The molecule has 0 spiro atoms. The van der Waals surface area contributed by atoms with Gasteiger partial charge in [0.25, 0.3) is 0 Å². The van der Waals surface area contributed by atoms with E-state index in [2.05, 4.69) is 10.6 Å². The normalized spacial score (nSPS) is 23.1. The van der Waals surface area contributed by atoms with Gasteiger partial charge in [-0.1, -0.05) is 0 Å². The van der Waals surface area contributed by atoms with Crippen molar-refractivity contribution in [2.45, 2.75) is 18.9 Å². The van der Waals surface area contributed by atoms with Gasteiger partial charge in [0.1, 0.15) is 0 Å². The predicted molar refractivity (Wildman–Crippen MR) is 39.7 cm³/mol. The van der Waals surface area contributed by atoms with Gasteiger partial charge >= 0.3 is 0 Å². The Labute approximate surface area is 65.3 Å². The highest BCUT2D eigenvalue weighted by atomic mass is 16.2. The Morgan fingerprint density at radius 1 is 1.73 bits per heavy atom. The molecule has 11 heavy (non-hydrogen) atoms. The van der Waals surface area contributed by atoms with Crippen molar-refractivity contribution in [3.63, 3.8) is 0 Å². The van der Waals surface area contributed by atoms with Gasteiger partial charge in [0.05, 0.1) is 12.6 Å². The predicted octanol–water partition coefficient (Wildman–Crippen LogP) is -1.04. The molecule has 1 heterocycles. The number of carbonyl (C=O) groups is 1. The highest BCUT2D eigenvalue weighted by Crippen LogP contribution is 2.03. The van der Waals surface area contributed by atoms with Crippen LogP contribution in [0.15, 0.2) is 0 Å². The van der Waals surface area contributed by atoms with Gasteiger partial charge in [-0.25, -0.2) is 0 Å². The van der Waals surface area contributed by atoms with Crippen molar-refractivity contribution >= 4 is 12.2 Å². The lowest BCUT2D eigenvalue weighted by Crippen LogP contribution is -2.40. The molecule has 1 aliphatic rings. The van der Waals surface area contributed by atoms with Gasteiger partial charge in [-0.2, -0.15) is 0 Å². The van der Waals surface area contributed by atoms with Crippen LogP contribution in [0, 0.1) is 0 Å². The second-order valence-corrected chi connectivity index (χ2v) is 2.51. The number of amides is 1. The van der Waals surface area contributed by atoms with Crippen molar-refractivity contribution < 1.29 is 9.59 Å². The molecule has 61 valence electrons. The van der Waals surface area contributed by atoms with E-state index in [-0.39, 0.29) is 18.5 Å². The first-order chi connectivity index (χ1) is 5.34. The van der Waals surface area contributed by atoms with E-state index in [9.17, 15) is 9.59 Å². The van der Waals surface area contributed by atoms with Crippen LogP contribution in [0.25, 0.3) is 0 Å². The summed E-state index contributed by atoms with van der Waals surface area (Å²) < 4.78 is 0. The largest absolute Gasteiger partial charge is 0.347 e. The Morgan fingerprint density at radius 2 is 2.55 bits per heavy atom. The first-order valence-corrected chi connectivity index (χ1v) is 3.70. The van der Waals surface area contributed by atoms with Crippen LogP contribution >= 0.6 is 0 Å². The number of rotatable bonds is 3. The average Bonchev–Trinajstić information content (AvgIpc) is 2.52. The van der Waals surface area contributed by atoms with Gasteiger partial charge in [-0.15, -0.1) is 0 Å². The van der Waals surface area contributed by atoms with Crippen LogP contribution in [-0.2, 0) is 9.59 Å². The van der Waals surface area contributed by atoms with E-state index in [4.69, 9.17) is 0 Å². The van der Waals surface area contributed by atoms with E-state index in [1.807, 2.05) is 0 Å². The Hall–Kier alpha value is -0.900. The van der Waals surface area contributed by atoms with Crippen LogP contribution < -0.4 is 10.6 Å². The molecule has 1 radical (unpaired) electrons. The lowest BCUT2D eigenvalue weighted by Gasteiger charge is -2.07. The zero-order valence-electron chi connectivity index (χ0n) is 6.22. The molecule has 2 N–H and O–H groups in total. The summed E-state index contributed by atoms with van der Waals surface area (Å²) in [7, 11) is 0. The van der Waals surface area contributed by atoms with E-state index in [1.54, 1.807) is 6.29 Å². The highest BCUT2D eigenvalue weighted by Gasteiger charge is 2.20. The van der Waals surface area contributed by atoms with Gasteiger partial charge in [0.15, 0.2) is 0 Å². The van der Waals surface area contributed by atoms with E-state index in [0.29, 0.717) is 0 Å². The number of carbonyl (C=O) groups excluding carboxylic acids is 2. The fourth-order valence-electron chi connectivity index (χ4n) is 1.15. The molecule has 1 fully saturated rings. The zero-order valence-corrected chi connectivity index (χ0v) is 6.22. The quantitative estimate of drug-likeness (QED) is 0.547. The lowest BCUT2D eigenvalue weighted by atomic mass is 10.2. The molecule has 0 unspecified atom stereocenters. The molecule has 4 nitrogen and oxygen atoms in total. The zero-order chi connectivity index (χ0) is 8.10. The van der Waals surface area contributed by atoms with E-state index < -0.39 is 0 Å². The van der Waals surface area contributed by atoms with E-state index >= 15 is 0 Å². The summed E-state index contributed by atoms with van der Waals surface area (Å²) in [6.07, 6.45) is 3.51. The maximum absolute atomic E-state index is 11.1. The minimum absolute atomic E-state index is 0.00296. The minimum atomic E-state index is -0.0941. The average molecular weight is 155 g/mol. The Kier molecular flexibility index (Phi) is 3.04. The van der Waals surface area contributed by atoms with Crippen LogP contribution in [0.1, 0.15) is 12.8 Å². The molecule has 0 bridgehead atoms. The van der Waals surface area contributed by atoms with Gasteiger partial charge in [-0.3, -0.25) is 9.59 Å². The van der Waals surface area contributed by atoms with Crippen molar-refractivity contribution in [1.82, 2.24) is 10.6 Å². The van der Waals surface area contributed by atoms with E-state index in [0.717, 1.165) is 19.4 Å². The summed E-state index contributed by atoms with van der Waals surface area (Å²) in [6.45, 7) is 0.889. The molecule has 0 saturated carbocycles. The standard InChI is InChI=1S/C7H11N2O2/c10-5-4-9-7(11)6-2-1-3-8-6/h6,8H,1-4H2,(H,9,11)/t6-/m0/s1. The third kappa shape index (κ3) is 2.31. The second kappa shape index (κ2) is 4.08. The molecule has 0 aromatic heterocycles. The van der Waals surface area contributed by atoms with Crippen molar-refractivity contribution in [3.8, 4) is 0 Å². The van der Waals surface area contributed by atoms with Crippen LogP contribution in [0.2, 0.25) is 0 Å². The maximum atomic E-state index is 11.1. The molecular weight excluding hydrogens is 144 g/mol. The molecule has 1 aliphatic heterocycles. The van der Waals surface area contributed by atoms with Crippen LogP contribution in [-0.4, -0.2) is 31.3 Å². The lowest BCUT2D eigenvalue weighted by molar-refractivity contribution is -0.122. The van der Waals surface area contributed by atoms with Gasteiger partial charge in [0, 0.05) is 0 Å².